The van der Waals surface area contributed by atoms with Crippen LogP contribution in [0.3, 0.4) is 0 Å². The number of hydrogen-bond donors (Lipinski definition) is 2. The van der Waals surface area contributed by atoms with Crippen LogP contribution >= 0.6 is 0 Å². The molecule has 1 saturated heterocycles. The summed E-state index contributed by atoms with van der Waals surface area (Å²) in [5, 5.41) is 12.8. The number of rotatable bonds is 6. The van der Waals surface area contributed by atoms with Crippen molar-refractivity contribution in [3.05, 3.63) is 0 Å². The number of aliphatic hydroxyl groups is 1. The number of likely N-dealkylation sites (N-methyl/N-ethyl adjacent to an activating group) is 1. The molecule has 2 N–H and O–H groups in total. The third kappa shape index (κ3) is 3.53. The third-order valence-electron chi connectivity index (χ3n) is 2.78. The summed E-state index contributed by atoms with van der Waals surface area (Å²) < 4.78 is 5.15. The lowest BCUT2D eigenvalue weighted by Gasteiger charge is -2.20. The number of aliphatic hydroxyl groups excluding tert-OH is 1. The molecule has 0 radical (unpaired) electrons. The van der Waals surface area contributed by atoms with Gasteiger partial charge in [-0.3, -0.25) is 0 Å². The number of hydrogen-bond acceptors (Lipinski definition) is 4. The third-order valence-corrected chi connectivity index (χ3v) is 2.78. The highest BCUT2D eigenvalue weighted by Crippen LogP contribution is 2.04. The molecule has 2 atom stereocenters. The Labute approximate surface area is 86.2 Å². The van der Waals surface area contributed by atoms with Gasteiger partial charge in [-0.1, -0.05) is 13.8 Å². The lowest BCUT2D eigenvalue weighted by atomic mass is 10.2. The minimum atomic E-state index is -0.327. The first kappa shape index (κ1) is 11.9. The largest absolute Gasteiger partial charge is 0.389 e. The average Bonchev–Trinajstić information content (AvgIpc) is 2.59. The highest BCUT2D eigenvalue weighted by molar-refractivity contribution is 4.80. The van der Waals surface area contributed by atoms with E-state index in [1.54, 1.807) is 0 Å². The van der Waals surface area contributed by atoms with Gasteiger partial charge in [-0.2, -0.15) is 0 Å². The summed E-state index contributed by atoms with van der Waals surface area (Å²) in [6.07, 6.45) is -0.327. The zero-order valence-corrected chi connectivity index (χ0v) is 9.20. The van der Waals surface area contributed by atoms with E-state index in [1.807, 2.05) is 0 Å². The normalized spacial score (nSPS) is 27.4. The van der Waals surface area contributed by atoms with Gasteiger partial charge in [0.1, 0.15) is 0 Å². The highest BCUT2D eigenvalue weighted by atomic mass is 16.5. The first-order valence-electron chi connectivity index (χ1n) is 5.49. The zero-order valence-electron chi connectivity index (χ0n) is 9.20. The van der Waals surface area contributed by atoms with Crippen molar-refractivity contribution in [2.75, 3.05) is 39.4 Å². The molecule has 0 bridgehead atoms. The van der Waals surface area contributed by atoms with Gasteiger partial charge >= 0.3 is 0 Å². The summed E-state index contributed by atoms with van der Waals surface area (Å²) in [6, 6.07) is 0.130. The highest BCUT2D eigenvalue weighted by Gasteiger charge is 2.25. The summed E-state index contributed by atoms with van der Waals surface area (Å²) in [5.41, 5.74) is 0. The van der Waals surface area contributed by atoms with Crippen molar-refractivity contribution in [1.82, 2.24) is 10.2 Å². The van der Waals surface area contributed by atoms with Crippen molar-refractivity contribution >= 4 is 0 Å². The Balaban J connectivity index is 2.08. The predicted octanol–water partition coefficient (Wildman–Crippen LogP) is -0.322. The first-order chi connectivity index (χ1) is 6.77. The van der Waals surface area contributed by atoms with Crippen molar-refractivity contribution in [3.8, 4) is 0 Å². The molecule has 1 aliphatic rings. The fraction of sp³-hybridized carbons (Fsp3) is 1.00. The fourth-order valence-corrected chi connectivity index (χ4v) is 1.69. The summed E-state index contributed by atoms with van der Waals surface area (Å²) >= 11 is 0. The zero-order chi connectivity index (χ0) is 10.4. The Hall–Kier alpha value is -0.160. The van der Waals surface area contributed by atoms with E-state index >= 15 is 0 Å². The van der Waals surface area contributed by atoms with Crippen molar-refractivity contribution < 1.29 is 9.84 Å². The Morgan fingerprint density at radius 1 is 1.36 bits per heavy atom. The molecule has 1 fully saturated rings. The molecular weight excluding hydrogens is 180 g/mol. The number of nitrogens with one attached hydrogen (secondary N) is 1. The van der Waals surface area contributed by atoms with E-state index in [9.17, 15) is 5.11 Å². The Bertz CT molecular complexity index is 151. The molecule has 84 valence electrons. The van der Waals surface area contributed by atoms with E-state index in [1.165, 1.54) is 0 Å². The van der Waals surface area contributed by atoms with Crippen LogP contribution in [-0.2, 0) is 4.74 Å². The fourth-order valence-electron chi connectivity index (χ4n) is 1.69. The Kier molecular flexibility index (Phi) is 5.40. The molecule has 0 spiro atoms. The quantitative estimate of drug-likeness (QED) is 0.619. The number of ether oxygens (including phenoxy) is 1. The maximum Gasteiger partial charge on any atom is 0.0948 e. The molecule has 1 rings (SSSR count). The van der Waals surface area contributed by atoms with Gasteiger partial charge in [0.2, 0.25) is 0 Å². The average molecular weight is 202 g/mol. The van der Waals surface area contributed by atoms with Crippen molar-refractivity contribution in [1.29, 1.82) is 0 Å². The minimum absolute atomic E-state index is 0.130. The van der Waals surface area contributed by atoms with E-state index in [4.69, 9.17) is 4.74 Å². The summed E-state index contributed by atoms with van der Waals surface area (Å²) in [7, 11) is 0. The predicted molar refractivity (Wildman–Crippen MR) is 56.4 cm³/mol. The van der Waals surface area contributed by atoms with Crippen molar-refractivity contribution in [3.63, 3.8) is 0 Å². The van der Waals surface area contributed by atoms with E-state index < -0.39 is 0 Å². The van der Waals surface area contributed by atoms with Crippen molar-refractivity contribution in [2.45, 2.75) is 26.0 Å². The van der Waals surface area contributed by atoms with E-state index in [0.717, 1.165) is 26.2 Å². The van der Waals surface area contributed by atoms with E-state index in [0.29, 0.717) is 13.2 Å². The van der Waals surface area contributed by atoms with Crippen LogP contribution in [0.25, 0.3) is 0 Å². The van der Waals surface area contributed by atoms with Gasteiger partial charge < -0.3 is 20.1 Å². The molecule has 4 nitrogen and oxygen atoms in total. The monoisotopic (exact) mass is 202 g/mol. The molecule has 0 aromatic heterocycles. The summed E-state index contributed by atoms with van der Waals surface area (Å²) in [5.74, 6) is 0. The smallest absolute Gasteiger partial charge is 0.0948 e. The molecule has 14 heavy (non-hydrogen) atoms. The summed E-state index contributed by atoms with van der Waals surface area (Å²) in [6.45, 7) is 9.57. The molecule has 1 aliphatic heterocycles. The van der Waals surface area contributed by atoms with Crippen LogP contribution in [0.5, 0.6) is 0 Å². The van der Waals surface area contributed by atoms with Crippen LogP contribution in [0.2, 0.25) is 0 Å². The number of nitrogens with zero attached hydrogens (tertiary/aromatic N) is 1. The molecule has 0 unspecified atom stereocenters. The minimum Gasteiger partial charge on any atom is -0.389 e. The van der Waals surface area contributed by atoms with Crippen molar-refractivity contribution in [2.24, 2.45) is 0 Å². The molecule has 0 amide bonds. The Morgan fingerprint density at radius 3 is 2.57 bits per heavy atom. The lowest BCUT2D eigenvalue weighted by Crippen LogP contribution is -2.42. The molecule has 4 heteroatoms. The van der Waals surface area contributed by atoms with E-state index in [-0.39, 0.29) is 12.1 Å². The van der Waals surface area contributed by atoms with Crippen LogP contribution in [0.15, 0.2) is 0 Å². The molecule has 0 saturated carbocycles. The second-order valence-electron chi connectivity index (χ2n) is 3.69. The van der Waals surface area contributed by atoms with Crippen LogP contribution in [0, 0.1) is 0 Å². The SMILES string of the molecule is CCN(CC)CCN[C@@H]1COC[C@H]1O. The van der Waals surface area contributed by atoms with Crippen LogP contribution < -0.4 is 5.32 Å². The van der Waals surface area contributed by atoms with Gasteiger partial charge in [-0.25, -0.2) is 0 Å². The van der Waals surface area contributed by atoms with Gasteiger partial charge in [-0.05, 0) is 13.1 Å². The lowest BCUT2D eigenvalue weighted by molar-refractivity contribution is 0.122. The maximum absolute atomic E-state index is 9.47. The molecule has 0 aliphatic carbocycles. The molecule has 1 heterocycles. The second kappa shape index (κ2) is 6.35. The molecular formula is C10H22N2O2. The van der Waals surface area contributed by atoms with Crippen LogP contribution in [-0.4, -0.2) is 61.5 Å². The summed E-state index contributed by atoms with van der Waals surface area (Å²) in [4.78, 5) is 2.36. The Morgan fingerprint density at radius 2 is 2.07 bits per heavy atom. The van der Waals surface area contributed by atoms with Crippen LogP contribution in [0.1, 0.15) is 13.8 Å². The van der Waals surface area contributed by atoms with Gasteiger partial charge in [0.05, 0.1) is 25.4 Å². The van der Waals surface area contributed by atoms with E-state index in [2.05, 4.69) is 24.1 Å². The standard InChI is InChI=1S/C10H22N2O2/c1-3-12(4-2)6-5-11-9-7-14-8-10(9)13/h9-11,13H,3-8H2,1-2H3/t9-,10-/m1/s1. The molecule has 0 aromatic rings. The maximum atomic E-state index is 9.47. The van der Waals surface area contributed by atoms with Gasteiger partial charge in [0.15, 0.2) is 0 Å². The topological polar surface area (TPSA) is 44.7 Å². The molecule has 0 aromatic carbocycles. The first-order valence-corrected chi connectivity index (χ1v) is 5.49. The van der Waals surface area contributed by atoms with Gasteiger partial charge in [0, 0.05) is 13.1 Å². The van der Waals surface area contributed by atoms with Crippen LogP contribution in [0.4, 0.5) is 0 Å². The second-order valence-corrected chi connectivity index (χ2v) is 3.69. The van der Waals surface area contributed by atoms with Gasteiger partial charge in [-0.15, -0.1) is 0 Å². The van der Waals surface area contributed by atoms with Gasteiger partial charge in [0.25, 0.3) is 0 Å².